The number of rotatable bonds is 6. The van der Waals surface area contributed by atoms with Crippen molar-refractivity contribution in [3.63, 3.8) is 0 Å². The van der Waals surface area contributed by atoms with Crippen molar-refractivity contribution >= 4 is 17.7 Å². The van der Waals surface area contributed by atoms with E-state index in [4.69, 9.17) is 9.47 Å². The molecule has 3 nitrogen and oxygen atoms in total. The Balaban J connectivity index is 3.44. The number of ether oxygens (including phenoxy) is 2. The van der Waals surface area contributed by atoms with Gasteiger partial charge in [0.1, 0.15) is 16.1 Å². The van der Waals surface area contributed by atoms with Crippen LogP contribution in [-0.2, 0) is 14.3 Å². The fourth-order valence-electron chi connectivity index (χ4n) is 2.08. The quantitative estimate of drug-likeness (QED) is 0.523. The molecule has 7 heteroatoms. The third-order valence-corrected chi connectivity index (χ3v) is 4.16. The molecule has 1 rings (SSSR count). The van der Waals surface area contributed by atoms with E-state index in [0.29, 0.717) is 5.75 Å². The Labute approximate surface area is 144 Å². The minimum atomic E-state index is -4.63. The van der Waals surface area contributed by atoms with Crippen LogP contribution in [0.1, 0.15) is 32.8 Å². The van der Waals surface area contributed by atoms with Gasteiger partial charge in [0.15, 0.2) is 0 Å². The van der Waals surface area contributed by atoms with Crippen LogP contribution in [0.5, 0.6) is 5.75 Å². The van der Waals surface area contributed by atoms with Gasteiger partial charge in [0, 0.05) is 0 Å². The van der Waals surface area contributed by atoms with Crippen molar-refractivity contribution in [2.45, 2.75) is 43.0 Å². The summed E-state index contributed by atoms with van der Waals surface area (Å²) in [6, 6.07) is 5.89. The van der Waals surface area contributed by atoms with Crippen LogP contribution in [-0.4, -0.2) is 24.2 Å². The predicted molar refractivity (Wildman–Crippen MR) is 89.0 cm³/mol. The number of methoxy groups -OCH3 is 1. The molecule has 0 heterocycles. The Bertz CT molecular complexity index is 576. The largest absolute Gasteiger partial charge is 0.497 e. The van der Waals surface area contributed by atoms with Crippen LogP contribution in [0.25, 0.3) is 0 Å². The number of halogens is 3. The summed E-state index contributed by atoms with van der Waals surface area (Å²) >= 11 is -0.397. The topological polar surface area (TPSA) is 35.5 Å². The van der Waals surface area contributed by atoms with E-state index in [-0.39, 0.29) is 12.0 Å². The Kier molecular flexibility index (Phi) is 6.38. The average molecular weight is 362 g/mol. The molecule has 24 heavy (non-hydrogen) atoms. The van der Waals surface area contributed by atoms with Gasteiger partial charge in [0.05, 0.1) is 7.11 Å². The molecule has 1 aromatic rings. The molecule has 0 aliphatic rings. The SMILES string of the molecule is C=CCC(SC(F)(F)F)(C(=O)OC(C)(C)C)c1ccc(OC)cc1. The summed E-state index contributed by atoms with van der Waals surface area (Å²) in [7, 11) is 1.45. The van der Waals surface area contributed by atoms with E-state index in [1.54, 1.807) is 20.8 Å². The van der Waals surface area contributed by atoms with E-state index in [1.165, 1.54) is 37.5 Å². The van der Waals surface area contributed by atoms with Gasteiger partial charge in [-0.25, -0.2) is 0 Å². The van der Waals surface area contributed by atoms with E-state index >= 15 is 0 Å². The zero-order chi connectivity index (χ0) is 18.6. The van der Waals surface area contributed by atoms with E-state index in [0.717, 1.165) is 0 Å². The third-order valence-electron chi connectivity index (χ3n) is 3.01. The summed E-state index contributed by atoms with van der Waals surface area (Å²) in [5.74, 6) is -0.477. The highest BCUT2D eigenvalue weighted by Crippen LogP contribution is 2.50. The van der Waals surface area contributed by atoms with Crippen molar-refractivity contribution in [3.05, 3.63) is 42.5 Å². The zero-order valence-electron chi connectivity index (χ0n) is 14.1. The van der Waals surface area contributed by atoms with Crippen LogP contribution in [0.2, 0.25) is 0 Å². The summed E-state index contributed by atoms with van der Waals surface area (Å²) in [5, 5.41) is 0. The van der Waals surface area contributed by atoms with E-state index < -0.39 is 33.6 Å². The molecule has 0 saturated heterocycles. The summed E-state index contributed by atoms with van der Waals surface area (Å²) in [4.78, 5) is 12.7. The highest BCUT2D eigenvalue weighted by Gasteiger charge is 2.51. The lowest BCUT2D eigenvalue weighted by Crippen LogP contribution is -2.40. The Hall–Kier alpha value is -1.63. The number of benzene rings is 1. The van der Waals surface area contributed by atoms with E-state index in [1.807, 2.05) is 0 Å². The first-order valence-electron chi connectivity index (χ1n) is 7.19. The maximum absolute atomic E-state index is 13.2. The van der Waals surface area contributed by atoms with Gasteiger partial charge in [-0.05, 0) is 56.7 Å². The molecule has 1 atom stereocenters. The van der Waals surface area contributed by atoms with Gasteiger partial charge in [0.25, 0.3) is 0 Å². The smallest absolute Gasteiger partial charge is 0.443 e. The van der Waals surface area contributed by atoms with Crippen molar-refractivity contribution in [1.82, 2.24) is 0 Å². The summed E-state index contributed by atoms with van der Waals surface area (Å²) in [5.41, 5.74) is -5.36. The van der Waals surface area contributed by atoms with Crippen molar-refractivity contribution in [2.24, 2.45) is 0 Å². The van der Waals surface area contributed by atoms with Crippen LogP contribution in [0.4, 0.5) is 13.2 Å². The van der Waals surface area contributed by atoms with Gasteiger partial charge >= 0.3 is 11.5 Å². The molecule has 0 aliphatic heterocycles. The van der Waals surface area contributed by atoms with Gasteiger partial charge in [-0.2, -0.15) is 13.2 Å². The number of esters is 1. The molecule has 0 spiro atoms. The van der Waals surface area contributed by atoms with Crippen molar-refractivity contribution < 1.29 is 27.4 Å². The highest BCUT2D eigenvalue weighted by atomic mass is 32.2. The Morgan fingerprint density at radius 2 is 1.75 bits per heavy atom. The Morgan fingerprint density at radius 3 is 2.12 bits per heavy atom. The number of thioether (sulfide) groups is 1. The monoisotopic (exact) mass is 362 g/mol. The average Bonchev–Trinajstić information content (AvgIpc) is 2.43. The molecule has 0 aromatic heterocycles. The number of carbonyl (C=O) groups is 1. The van der Waals surface area contributed by atoms with Gasteiger partial charge in [-0.15, -0.1) is 6.58 Å². The van der Waals surface area contributed by atoms with E-state index in [2.05, 4.69) is 6.58 Å². The number of carbonyl (C=O) groups excluding carboxylic acids is 1. The molecular weight excluding hydrogens is 341 g/mol. The lowest BCUT2D eigenvalue weighted by Gasteiger charge is -2.34. The standard InChI is InChI=1S/C17H21F3O3S/c1-6-11-16(24-17(18,19)20,14(21)23-15(2,3)4)12-7-9-13(22-5)10-8-12/h6-10H,1,11H2,2-5H3. The summed E-state index contributed by atoms with van der Waals surface area (Å²) < 4.78 is 47.9. The molecule has 0 saturated carbocycles. The second-order valence-electron chi connectivity index (χ2n) is 6.10. The Morgan fingerprint density at radius 1 is 1.21 bits per heavy atom. The molecule has 1 unspecified atom stereocenters. The normalized spacial score (nSPS) is 14.6. The van der Waals surface area contributed by atoms with Gasteiger partial charge in [0.2, 0.25) is 0 Å². The lowest BCUT2D eigenvalue weighted by molar-refractivity contribution is -0.158. The molecule has 0 N–H and O–H groups in total. The molecule has 0 fully saturated rings. The zero-order valence-corrected chi connectivity index (χ0v) is 14.9. The van der Waals surface area contributed by atoms with Gasteiger partial charge < -0.3 is 9.47 Å². The maximum atomic E-state index is 13.2. The molecule has 0 amide bonds. The van der Waals surface area contributed by atoms with Crippen LogP contribution >= 0.6 is 11.8 Å². The second kappa shape index (κ2) is 7.51. The third kappa shape index (κ3) is 5.47. The minimum Gasteiger partial charge on any atom is -0.497 e. The second-order valence-corrected chi connectivity index (χ2v) is 7.46. The molecule has 134 valence electrons. The van der Waals surface area contributed by atoms with E-state index in [9.17, 15) is 18.0 Å². The molecule has 0 radical (unpaired) electrons. The summed E-state index contributed by atoms with van der Waals surface area (Å²) in [6.45, 7) is 8.32. The van der Waals surface area contributed by atoms with Gasteiger partial charge in [-0.3, -0.25) is 4.79 Å². The molecular formula is C17H21F3O3S. The molecule has 0 bridgehead atoms. The first-order chi connectivity index (χ1) is 10.9. The first kappa shape index (κ1) is 20.4. The molecule has 0 aliphatic carbocycles. The van der Waals surface area contributed by atoms with Crippen LogP contribution in [0.15, 0.2) is 36.9 Å². The maximum Gasteiger partial charge on any atom is 0.443 e. The van der Waals surface area contributed by atoms with Gasteiger partial charge in [-0.1, -0.05) is 18.2 Å². The minimum absolute atomic E-state index is 0.180. The first-order valence-corrected chi connectivity index (χ1v) is 8.01. The van der Waals surface area contributed by atoms with Crippen LogP contribution in [0.3, 0.4) is 0 Å². The van der Waals surface area contributed by atoms with Crippen molar-refractivity contribution in [1.29, 1.82) is 0 Å². The predicted octanol–water partition coefficient (Wildman–Crippen LogP) is 5.06. The number of alkyl halides is 3. The lowest BCUT2D eigenvalue weighted by atomic mass is 9.94. The number of hydrogen-bond acceptors (Lipinski definition) is 4. The molecule has 1 aromatic carbocycles. The summed E-state index contributed by atoms with van der Waals surface area (Å²) in [6.07, 6.45) is 1.06. The van der Waals surface area contributed by atoms with Crippen LogP contribution < -0.4 is 4.74 Å². The van der Waals surface area contributed by atoms with Crippen molar-refractivity contribution in [3.8, 4) is 5.75 Å². The highest BCUT2D eigenvalue weighted by molar-refractivity contribution is 8.01. The number of allylic oxidation sites excluding steroid dienone is 1. The number of hydrogen-bond donors (Lipinski definition) is 0. The van der Waals surface area contributed by atoms with Crippen LogP contribution in [0, 0.1) is 0 Å². The van der Waals surface area contributed by atoms with Crippen molar-refractivity contribution in [2.75, 3.05) is 7.11 Å². The fourth-order valence-corrected chi connectivity index (χ4v) is 3.06. The fraction of sp³-hybridized carbons (Fsp3) is 0.471.